The van der Waals surface area contributed by atoms with Gasteiger partial charge in [-0.2, -0.15) is 0 Å². The quantitative estimate of drug-likeness (QED) is 0.636. The highest BCUT2D eigenvalue weighted by Gasteiger charge is 2.18. The Balaban J connectivity index is 2.77. The van der Waals surface area contributed by atoms with Crippen LogP contribution in [0.4, 0.5) is 0 Å². The molecule has 0 spiro atoms. The summed E-state index contributed by atoms with van der Waals surface area (Å²) < 4.78 is 0. The Morgan fingerprint density at radius 1 is 1.10 bits per heavy atom. The van der Waals surface area contributed by atoms with Crippen molar-refractivity contribution in [1.29, 1.82) is 0 Å². The molecule has 0 aliphatic heterocycles. The number of hydrogen-bond acceptors (Lipinski definition) is 2. The Morgan fingerprint density at radius 2 is 1.81 bits per heavy atom. The molecule has 0 heterocycles. The van der Waals surface area contributed by atoms with Crippen molar-refractivity contribution in [3.63, 3.8) is 0 Å². The zero-order valence-corrected chi connectivity index (χ0v) is 14.7. The van der Waals surface area contributed by atoms with E-state index in [1.54, 1.807) is 0 Å². The number of unbranched alkanes of at least 4 members (excludes halogenated alkanes) is 2. The summed E-state index contributed by atoms with van der Waals surface area (Å²) in [5.41, 5.74) is 2.83. The highest BCUT2D eigenvalue weighted by atomic mass is 15.2. The first-order valence-corrected chi connectivity index (χ1v) is 8.63. The van der Waals surface area contributed by atoms with Gasteiger partial charge in [0.05, 0.1) is 0 Å². The van der Waals surface area contributed by atoms with Gasteiger partial charge in [-0.25, -0.2) is 0 Å². The predicted molar refractivity (Wildman–Crippen MR) is 93.8 cm³/mol. The summed E-state index contributed by atoms with van der Waals surface area (Å²) in [6.07, 6.45) is 3.93. The third-order valence-corrected chi connectivity index (χ3v) is 4.21. The lowest BCUT2D eigenvalue weighted by Crippen LogP contribution is -2.40. The van der Waals surface area contributed by atoms with Crippen molar-refractivity contribution in [3.8, 4) is 0 Å². The molecule has 0 saturated heterocycles. The van der Waals surface area contributed by atoms with Gasteiger partial charge in [-0.15, -0.1) is 0 Å². The first-order chi connectivity index (χ1) is 10.1. The lowest BCUT2D eigenvalue weighted by molar-refractivity contribution is 0.194. The topological polar surface area (TPSA) is 15.3 Å². The van der Waals surface area contributed by atoms with Gasteiger partial charge in [0.2, 0.25) is 0 Å². The first kappa shape index (κ1) is 18.2. The third kappa shape index (κ3) is 6.19. The summed E-state index contributed by atoms with van der Waals surface area (Å²) in [4.78, 5) is 2.62. The molecule has 0 amide bonds. The Labute approximate surface area is 131 Å². The second-order valence-electron chi connectivity index (χ2n) is 6.26. The molecule has 0 radical (unpaired) electrons. The van der Waals surface area contributed by atoms with Gasteiger partial charge >= 0.3 is 0 Å². The van der Waals surface area contributed by atoms with E-state index in [9.17, 15) is 0 Å². The third-order valence-electron chi connectivity index (χ3n) is 4.21. The molecule has 1 unspecified atom stereocenters. The molecule has 0 fully saturated rings. The van der Waals surface area contributed by atoms with Crippen LogP contribution in [-0.2, 0) is 0 Å². The van der Waals surface area contributed by atoms with Crippen molar-refractivity contribution >= 4 is 0 Å². The highest BCUT2D eigenvalue weighted by molar-refractivity contribution is 5.29. The molecule has 2 nitrogen and oxygen atoms in total. The van der Waals surface area contributed by atoms with Gasteiger partial charge in [-0.05, 0) is 51.4 Å². The summed E-state index contributed by atoms with van der Waals surface area (Å²) in [6.45, 7) is 14.6. The van der Waals surface area contributed by atoms with Gasteiger partial charge in [0.1, 0.15) is 0 Å². The average Bonchev–Trinajstić information content (AvgIpc) is 2.46. The number of nitrogens with one attached hydrogen (secondary N) is 1. The van der Waals surface area contributed by atoms with Crippen LogP contribution in [0.25, 0.3) is 0 Å². The summed E-state index contributed by atoms with van der Waals surface area (Å²) in [5.74, 6) is 0. The van der Waals surface area contributed by atoms with Crippen molar-refractivity contribution in [2.75, 3.05) is 19.6 Å². The summed E-state index contributed by atoms with van der Waals surface area (Å²) in [5, 5.41) is 3.67. The van der Waals surface area contributed by atoms with Crippen molar-refractivity contribution in [1.82, 2.24) is 10.2 Å². The van der Waals surface area contributed by atoms with Crippen LogP contribution in [0.1, 0.15) is 64.1 Å². The fraction of sp³-hybridized carbons (Fsp3) is 0.684. The van der Waals surface area contributed by atoms with Gasteiger partial charge in [-0.3, -0.25) is 4.90 Å². The van der Waals surface area contributed by atoms with Crippen LogP contribution in [-0.4, -0.2) is 30.6 Å². The minimum absolute atomic E-state index is 0.431. The molecule has 1 rings (SSSR count). The molecule has 1 aromatic rings. The molecule has 1 N–H and O–H groups in total. The van der Waals surface area contributed by atoms with Crippen LogP contribution >= 0.6 is 0 Å². The van der Waals surface area contributed by atoms with Crippen LogP contribution in [0.15, 0.2) is 24.3 Å². The number of aryl methyl sites for hydroxylation is 1. The minimum Gasteiger partial charge on any atom is -0.309 e. The minimum atomic E-state index is 0.431. The smallest absolute Gasteiger partial charge is 0.0451 e. The van der Waals surface area contributed by atoms with Crippen molar-refractivity contribution in [2.24, 2.45) is 0 Å². The van der Waals surface area contributed by atoms with Gasteiger partial charge in [0.25, 0.3) is 0 Å². The SMILES string of the molecule is CCCCCN(CC(NCC)c1ccccc1C)C(C)C. The predicted octanol–water partition coefficient (Wildman–Crippen LogP) is 4.55. The number of benzene rings is 1. The fourth-order valence-electron chi connectivity index (χ4n) is 2.86. The maximum atomic E-state index is 3.67. The maximum Gasteiger partial charge on any atom is 0.0451 e. The van der Waals surface area contributed by atoms with Gasteiger partial charge in [0.15, 0.2) is 0 Å². The van der Waals surface area contributed by atoms with Crippen molar-refractivity contribution in [3.05, 3.63) is 35.4 Å². The van der Waals surface area contributed by atoms with Crippen LogP contribution in [0.3, 0.4) is 0 Å². The molecule has 0 aliphatic rings. The van der Waals surface area contributed by atoms with Crippen LogP contribution in [0.2, 0.25) is 0 Å². The molecule has 0 saturated carbocycles. The van der Waals surface area contributed by atoms with E-state index in [1.807, 2.05) is 0 Å². The van der Waals surface area contributed by atoms with E-state index in [0.717, 1.165) is 13.1 Å². The molecule has 1 aromatic carbocycles. The van der Waals surface area contributed by atoms with Crippen LogP contribution in [0, 0.1) is 6.92 Å². The van der Waals surface area contributed by atoms with E-state index >= 15 is 0 Å². The number of likely N-dealkylation sites (N-methyl/N-ethyl adjacent to an activating group) is 1. The van der Waals surface area contributed by atoms with E-state index in [1.165, 1.54) is 36.9 Å². The van der Waals surface area contributed by atoms with E-state index in [-0.39, 0.29) is 0 Å². The van der Waals surface area contributed by atoms with E-state index in [4.69, 9.17) is 0 Å². The van der Waals surface area contributed by atoms with Gasteiger partial charge in [-0.1, -0.05) is 51.0 Å². The molecule has 21 heavy (non-hydrogen) atoms. The Kier molecular flexibility index (Phi) is 8.63. The summed E-state index contributed by atoms with van der Waals surface area (Å²) in [7, 11) is 0. The normalized spacial score (nSPS) is 13.1. The lowest BCUT2D eigenvalue weighted by Gasteiger charge is -2.32. The Bertz CT molecular complexity index is 387. The second-order valence-corrected chi connectivity index (χ2v) is 6.26. The van der Waals surface area contributed by atoms with Gasteiger partial charge < -0.3 is 5.32 Å². The highest BCUT2D eigenvalue weighted by Crippen LogP contribution is 2.20. The fourth-order valence-corrected chi connectivity index (χ4v) is 2.86. The van der Waals surface area contributed by atoms with Crippen molar-refractivity contribution < 1.29 is 0 Å². The maximum absolute atomic E-state index is 3.67. The van der Waals surface area contributed by atoms with E-state index in [2.05, 4.69) is 69.1 Å². The molecular formula is C19H34N2. The number of hydrogen-bond donors (Lipinski definition) is 1. The van der Waals surface area contributed by atoms with Crippen LogP contribution in [0.5, 0.6) is 0 Å². The Morgan fingerprint density at radius 3 is 2.38 bits per heavy atom. The summed E-state index contributed by atoms with van der Waals surface area (Å²) >= 11 is 0. The van der Waals surface area contributed by atoms with Crippen molar-refractivity contribution in [2.45, 2.75) is 66.0 Å². The molecule has 0 aliphatic carbocycles. The lowest BCUT2D eigenvalue weighted by atomic mass is 10.00. The molecule has 120 valence electrons. The molecule has 0 bridgehead atoms. The zero-order valence-electron chi connectivity index (χ0n) is 14.7. The first-order valence-electron chi connectivity index (χ1n) is 8.63. The Hall–Kier alpha value is -0.860. The molecular weight excluding hydrogens is 256 g/mol. The number of nitrogens with zero attached hydrogens (tertiary/aromatic N) is 1. The largest absolute Gasteiger partial charge is 0.309 e. The average molecular weight is 290 g/mol. The van der Waals surface area contributed by atoms with E-state index in [0.29, 0.717) is 12.1 Å². The van der Waals surface area contributed by atoms with E-state index < -0.39 is 0 Å². The zero-order chi connectivity index (χ0) is 15.7. The van der Waals surface area contributed by atoms with Gasteiger partial charge in [0, 0.05) is 18.6 Å². The molecule has 1 atom stereocenters. The molecule has 2 heteroatoms. The number of rotatable bonds is 10. The standard InChI is InChI=1S/C19H34N2/c1-6-8-11-14-21(16(3)4)15-19(20-7-2)18-13-10-9-12-17(18)5/h9-10,12-13,16,19-20H,6-8,11,14-15H2,1-5H3. The second kappa shape index (κ2) is 9.97. The van der Waals surface area contributed by atoms with Crippen LogP contribution < -0.4 is 5.32 Å². The summed E-state index contributed by atoms with van der Waals surface area (Å²) in [6, 6.07) is 9.81. The molecule has 0 aromatic heterocycles. The monoisotopic (exact) mass is 290 g/mol.